The second-order valence-corrected chi connectivity index (χ2v) is 3.10. The molecule has 0 amide bonds. The fourth-order valence-corrected chi connectivity index (χ4v) is 0.984. The van der Waals surface area contributed by atoms with Gasteiger partial charge in [-0.1, -0.05) is 48.5 Å². The van der Waals surface area contributed by atoms with E-state index in [-0.39, 0.29) is 35.3 Å². The zero-order valence-electron chi connectivity index (χ0n) is 10.7. The summed E-state index contributed by atoms with van der Waals surface area (Å²) in [5.41, 5.74) is 0.924. The Balaban J connectivity index is 0. The molecule has 0 fully saturated rings. The summed E-state index contributed by atoms with van der Waals surface area (Å²) < 4.78 is 0. The van der Waals surface area contributed by atoms with E-state index in [1.807, 2.05) is 38.0 Å². The summed E-state index contributed by atoms with van der Waals surface area (Å²) in [5.74, 6) is 0.440. The Hall–Kier alpha value is -1.29. The van der Waals surface area contributed by atoms with Crippen LogP contribution in [0.3, 0.4) is 0 Å². The van der Waals surface area contributed by atoms with Crippen molar-refractivity contribution in [1.29, 1.82) is 0 Å². The number of hydrogen-bond donors (Lipinski definition) is 1. The minimum atomic E-state index is 0. The van der Waals surface area contributed by atoms with Crippen molar-refractivity contribution in [1.82, 2.24) is 0 Å². The number of phenolic OH excluding ortho intramolecular Hbond substituents is 1. The molecule has 1 N–H and O–H groups in total. The van der Waals surface area contributed by atoms with Crippen molar-refractivity contribution in [3.05, 3.63) is 60.2 Å². The first-order valence-electron chi connectivity index (χ1n) is 4.95. The Labute approximate surface area is 129 Å². The molecule has 0 bridgehead atoms. The zero-order chi connectivity index (χ0) is 13.1. The van der Waals surface area contributed by atoms with Crippen LogP contribution in [0.1, 0.15) is 5.56 Å². The molecule has 0 aliphatic carbocycles. The third-order valence-electron chi connectivity index (χ3n) is 1.86. The largest absolute Gasteiger partial charge is 1.00 e. The van der Waals surface area contributed by atoms with Crippen LogP contribution < -0.4 is 34.7 Å². The van der Waals surface area contributed by atoms with Crippen LogP contribution >= 0.6 is 0 Å². The fourth-order valence-electron chi connectivity index (χ4n) is 0.984. The monoisotopic (exact) mass is 254 g/mol. The Bertz CT molecular complexity index is 397. The van der Waals surface area contributed by atoms with Crippen LogP contribution in [0.2, 0.25) is 0 Å². The number of carbonyl (C=O) groups excluding carboxylic acids is 1. The number of phenols is 1. The molecule has 18 heavy (non-hydrogen) atoms. The van der Waals surface area contributed by atoms with Crippen LogP contribution in [0.25, 0.3) is 0 Å². The quantitative estimate of drug-likeness (QED) is 0.631. The van der Waals surface area contributed by atoms with Crippen molar-refractivity contribution >= 4 is 6.79 Å². The normalized spacial score (nSPS) is 7.61. The molecule has 2 aromatic carbocycles. The fraction of sp³-hybridized carbons (Fsp3) is 0.0714. The van der Waals surface area contributed by atoms with Crippen LogP contribution in [0.5, 0.6) is 11.5 Å². The van der Waals surface area contributed by atoms with E-state index >= 15 is 0 Å². The van der Waals surface area contributed by atoms with Crippen LogP contribution in [-0.4, -0.2) is 11.9 Å². The predicted octanol–water partition coefficient (Wildman–Crippen LogP) is -0.720. The first-order valence-corrected chi connectivity index (χ1v) is 4.95. The smallest absolute Gasteiger partial charge is 0.872 e. The zero-order valence-corrected chi connectivity index (χ0v) is 12.7. The molecule has 0 aliphatic heterocycles. The third-order valence-corrected chi connectivity index (χ3v) is 1.86. The van der Waals surface area contributed by atoms with Crippen molar-refractivity contribution in [2.45, 2.75) is 6.92 Å². The molecule has 0 saturated carbocycles. The summed E-state index contributed by atoms with van der Waals surface area (Å²) in [6, 6.07) is 15.6. The molecule has 0 saturated heterocycles. The van der Waals surface area contributed by atoms with Gasteiger partial charge in [-0.05, 0) is 18.6 Å². The molecule has 0 heterocycles. The number of aryl methyl sites for hydroxylation is 1. The summed E-state index contributed by atoms with van der Waals surface area (Å²) in [6.07, 6.45) is 0. The summed E-state index contributed by atoms with van der Waals surface area (Å²) in [6.45, 7) is 3.87. The van der Waals surface area contributed by atoms with Gasteiger partial charge in [0.15, 0.2) is 0 Å². The van der Waals surface area contributed by atoms with E-state index < -0.39 is 0 Å². The molecule has 0 aromatic heterocycles. The van der Waals surface area contributed by atoms with Crippen molar-refractivity contribution in [2.24, 2.45) is 0 Å². The first kappa shape index (κ1) is 19.1. The Morgan fingerprint density at radius 2 is 1.39 bits per heavy atom. The minimum Gasteiger partial charge on any atom is -0.872 e. The minimum absolute atomic E-state index is 0. The van der Waals surface area contributed by atoms with E-state index in [9.17, 15) is 5.11 Å². The van der Waals surface area contributed by atoms with E-state index in [1.165, 1.54) is 12.1 Å². The molecule has 2 rings (SSSR count). The molecule has 4 heteroatoms. The average molecular weight is 254 g/mol. The Morgan fingerprint density at radius 3 is 1.67 bits per heavy atom. The molecule has 0 spiro atoms. The van der Waals surface area contributed by atoms with Crippen LogP contribution in [0, 0.1) is 6.92 Å². The summed E-state index contributed by atoms with van der Waals surface area (Å²) in [5, 5.41) is 19.2. The van der Waals surface area contributed by atoms with Crippen molar-refractivity contribution < 1.29 is 44.6 Å². The van der Waals surface area contributed by atoms with Gasteiger partial charge in [0.1, 0.15) is 12.5 Å². The number of para-hydroxylation sites is 2. The summed E-state index contributed by atoms with van der Waals surface area (Å²) >= 11 is 0. The first-order chi connectivity index (χ1) is 8.20. The summed E-state index contributed by atoms with van der Waals surface area (Å²) in [4.78, 5) is 8.00. The maximum absolute atomic E-state index is 10.3. The standard InChI is InChI=1S/C7H8O.C6H6O.CH2O.Na/c1-6-4-2-3-5-7(6)8;7-6-4-2-1-3-5-6;1-2;/h2-5,8H,1H3;1-5,7H;1H2;/q;;;+1/p-1. The molecule has 0 radical (unpaired) electrons. The van der Waals surface area contributed by atoms with Gasteiger partial charge >= 0.3 is 29.6 Å². The van der Waals surface area contributed by atoms with E-state index in [0.717, 1.165) is 5.56 Å². The SMILES string of the molecule is C=O.Cc1ccccc1O.[Na+].[O-]c1ccccc1. The summed E-state index contributed by atoms with van der Waals surface area (Å²) in [7, 11) is 0. The van der Waals surface area contributed by atoms with Gasteiger partial charge < -0.3 is 15.0 Å². The Morgan fingerprint density at radius 1 is 0.944 bits per heavy atom. The number of benzene rings is 2. The topological polar surface area (TPSA) is 60.4 Å². The molecule has 0 atom stereocenters. The van der Waals surface area contributed by atoms with E-state index in [0.29, 0.717) is 5.75 Å². The maximum Gasteiger partial charge on any atom is 1.00 e. The van der Waals surface area contributed by atoms with Crippen LogP contribution in [0.15, 0.2) is 54.6 Å². The molecular weight excluding hydrogens is 239 g/mol. The molecule has 0 aliphatic rings. The average Bonchev–Trinajstić information content (AvgIpc) is 2.37. The predicted molar refractivity (Wildman–Crippen MR) is 65.9 cm³/mol. The van der Waals surface area contributed by atoms with E-state index in [2.05, 4.69) is 0 Å². The van der Waals surface area contributed by atoms with Gasteiger partial charge in [-0.3, -0.25) is 0 Å². The number of aromatic hydroxyl groups is 1. The van der Waals surface area contributed by atoms with Gasteiger partial charge in [0.05, 0.1) is 0 Å². The van der Waals surface area contributed by atoms with Crippen molar-refractivity contribution in [3.63, 3.8) is 0 Å². The van der Waals surface area contributed by atoms with Gasteiger partial charge in [0.2, 0.25) is 0 Å². The number of hydrogen-bond acceptors (Lipinski definition) is 3. The Kier molecular flexibility index (Phi) is 12.9. The molecule has 0 unspecified atom stereocenters. The van der Waals surface area contributed by atoms with E-state index in [4.69, 9.17) is 9.90 Å². The van der Waals surface area contributed by atoms with Crippen molar-refractivity contribution in [2.75, 3.05) is 0 Å². The number of carbonyl (C=O) groups is 1. The number of rotatable bonds is 0. The molecule has 90 valence electrons. The van der Waals surface area contributed by atoms with Gasteiger partial charge in [-0.2, -0.15) is 0 Å². The van der Waals surface area contributed by atoms with E-state index in [1.54, 1.807) is 18.2 Å². The molecule has 2 aromatic rings. The second kappa shape index (κ2) is 12.2. The van der Waals surface area contributed by atoms with Gasteiger partial charge in [-0.15, -0.1) is 5.75 Å². The van der Waals surface area contributed by atoms with Crippen molar-refractivity contribution in [3.8, 4) is 11.5 Å². The maximum atomic E-state index is 10.3. The van der Waals surface area contributed by atoms with Gasteiger partial charge in [-0.25, -0.2) is 0 Å². The van der Waals surface area contributed by atoms with Crippen LogP contribution in [0.4, 0.5) is 0 Å². The van der Waals surface area contributed by atoms with Crippen LogP contribution in [-0.2, 0) is 4.79 Å². The van der Waals surface area contributed by atoms with Gasteiger partial charge in [0.25, 0.3) is 0 Å². The third kappa shape index (κ3) is 8.82. The van der Waals surface area contributed by atoms with Gasteiger partial charge in [0, 0.05) is 0 Å². The second-order valence-electron chi connectivity index (χ2n) is 3.10. The molecular formula is C14H15NaO3. The molecule has 3 nitrogen and oxygen atoms in total.